The molecule has 3 aliphatic rings. The predicted molar refractivity (Wildman–Crippen MR) is 108 cm³/mol. The van der Waals surface area contributed by atoms with Gasteiger partial charge in [0, 0.05) is 37.9 Å². The standard InChI is InChI=1S/C23H27N3O/c27-23(24-14-11-18-6-1-2-7-19(18)12-15-24)26-17-21-9-5-13-25(21)16-20-8-3-4-10-22(20)26/h1-4,6-8,10,21H,5,9,11-17H2/t21-/m0/s1. The number of hydrogen-bond donors (Lipinski definition) is 0. The number of benzene rings is 2. The molecule has 0 N–H and O–H groups in total. The number of hydrogen-bond acceptors (Lipinski definition) is 2. The van der Waals surface area contributed by atoms with E-state index < -0.39 is 0 Å². The second kappa shape index (κ2) is 7.01. The number of urea groups is 1. The Kier molecular flexibility index (Phi) is 4.36. The zero-order chi connectivity index (χ0) is 18.2. The highest BCUT2D eigenvalue weighted by molar-refractivity contribution is 5.93. The molecule has 27 heavy (non-hydrogen) atoms. The van der Waals surface area contributed by atoms with Crippen LogP contribution in [0.3, 0.4) is 0 Å². The van der Waals surface area contributed by atoms with Gasteiger partial charge >= 0.3 is 6.03 Å². The number of nitrogens with zero attached hydrogens (tertiary/aromatic N) is 3. The van der Waals surface area contributed by atoms with Crippen molar-refractivity contribution in [2.45, 2.75) is 38.3 Å². The van der Waals surface area contributed by atoms with Crippen molar-refractivity contribution in [1.29, 1.82) is 0 Å². The van der Waals surface area contributed by atoms with Crippen LogP contribution in [0.1, 0.15) is 29.5 Å². The maximum absolute atomic E-state index is 13.6. The number of para-hydroxylation sites is 1. The van der Waals surface area contributed by atoms with Crippen molar-refractivity contribution in [3.63, 3.8) is 0 Å². The Morgan fingerprint density at radius 3 is 2.26 bits per heavy atom. The average molecular weight is 361 g/mol. The average Bonchev–Trinajstić information content (AvgIpc) is 2.94. The molecule has 1 fully saturated rings. The molecule has 5 rings (SSSR count). The number of rotatable bonds is 0. The van der Waals surface area contributed by atoms with Crippen molar-refractivity contribution < 1.29 is 4.79 Å². The van der Waals surface area contributed by atoms with Crippen LogP contribution < -0.4 is 4.90 Å². The van der Waals surface area contributed by atoms with Crippen molar-refractivity contribution in [2.75, 3.05) is 31.1 Å². The lowest BCUT2D eigenvalue weighted by Crippen LogP contribution is -2.48. The zero-order valence-electron chi connectivity index (χ0n) is 15.8. The molecule has 0 spiro atoms. The van der Waals surface area contributed by atoms with Gasteiger partial charge in [0.15, 0.2) is 0 Å². The van der Waals surface area contributed by atoms with Gasteiger partial charge in [0.05, 0.1) is 0 Å². The topological polar surface area (TPSA) is 26.8 Å². The Bertz CT molecular complexity index is 822. The lowest BCUT2D eigenvalue weighted by Gasteiger charge is -2.31. The van der Waals surface area contributed by atoms with E-state index in [1.54, 1.807) is 0 Å². The van der Waals surface area contributed by atoms with Crippen molar-refractivity contribution in [3.8, 4) is 0 Å². The van der Waals surface area contributed by atoms with Gasteiger partial charge in [0.1, 0.15) is 0 Å². The molecule has 0 aliphatic carbocycles. The second-order valence-electron chi connectivity index (χ2n) is 8.04. The second-order valence-corrected chi connectivity index (χ2v) is 8.04. The molecule has 3 heterocycles. The van der Waals surface area contributed by atoms with Crippen molar-refractivity contribution in [1.82, 2.24) is 9.80 Å². The van der Waals surface area contributed by atoms with E-state index in [0.29, 0.717) is 6.04 Å². The third-order valence-electron chi connectivity index (χ3n) is 6.47. The maximum atomic E-state index is 13.6. The van der Waals surface area contributed by atoms with E-state index in [-0.39, 0.29) is 6.03 Å². The summed E-state index contributed by atoms with van der Waals surface area (Å²) in [7, 11) is 0. The van der Waals surface area contributed by atoms with Gasteiger partial charge in [0.2, 0.25) is 0 Å². The van der Waals surface area contributed by atoms with Crippen LogP contribution >= 0.6 is 0 Å². The van der Waals surface area contributed by atoms with E-state index in [2.05, 4.69) is 63.2 Å². The third kappa shape index (κ3) is 3.12. The van der Waals surface area contributed by atoms with Gasteiger partial charge in [-0.2, -0.15) is 0 Å². The summed E-state index contributed by atoms with van der Waals surface area (Å²) in [6, 6.07) is 17.8. The van der Waals surface area contributed by atoms with Crippen molar-refractivity contribution in [3.05, 3.63) is 65.2 Å². The normalized spacial score (nSPS) is 22.4. The molecule has 2 amide bonds. The monoisotopic (exact) mass is 361 g/mol. The SMILES string of the molecule is O=C(N1CCc2ccccc2CC1)N1C[C@@H]2CCCN2Cc2ccccc21. The quantitative estimate of drug-likeness (QED) is 0.715. The van der Waals surface area contributed by atoms with E-state index in [0.717, 1.165) is 51.3 Å². The van der Waals surface area contributed by atoms with Crippen LogP contribution in [0, 0.1) is 0 Å². The summed E-state index contributed by atoms with van der Waals surface area (Å²) in [5, 5.41) is 0. The summed E-state index contributed by atoms with van der Waals surface area (Å²) in [5.41, 5.74) is 5.18. The molecule has 0 bridgehead atoms. The fourth-order valence-electron chi connectivity index (χ4n) is 4.96. The smallest absolute Gasteiger partial charge is 0.324 e. The van der Waals surface area contributed by atoms with Crippen LogP contribution in [0.4, 0.5) is 10.5 Å². The Morgan fingerprint density at radius 1 is 0.852 bits per heavy atom. The summed E-state index contributed by atoms with van der Waals surface area (Å²) in [6.45, 7) is 4.56. The van der Waals surface area contributed by atoms with Crippen LogP contribution in [0.25, 0.3) is 0 Å². The highest BCUT2D eigenvalue weighted by Gasteiger charge is 2.35. The molecule has 2 aromatic carbocycles. The van der Waals surface area contributed by atoms with Crippen LogP contribution in [0.5, 0.6) is 0 Å². The zero-order valence-corrected chi connectivity index (χ0v) is 15.8. The summed E-state index contributed by atoms with van der Waals surface area (Å²) >= 11 is 0. The van der Waals surface area contributed by atoms with Crippen LogP contribution in [-0.4, -0.2) is 48.1 Å². The number of fused-ring (bicyclic) bond motifs is 3. The number of carbonyl (C=O) groups excluding carboxylic acids is 1. The first kappa shape index (κ1) is 16.8. The molecule has 3 aliphatic heterocycles. The van der Waals surface area contributed by atoms with Gasteiger partial charge in [0.25, 0.3) is 0 Å². The van der Waals surface area contributed by atoms with Crippen LogP contribution in [-0.2, 0) is 19.4 Å². The molecular weight excluding hydrogens is 334 g/mol. The van der Waals surface area contributed by atoms with Gasteiger partial charge in [-0.15, -0.1) is 0 Å². The first-order valence-electron chi connectivity index (χ1n) is 10.2. The number of anilines is 1. The first-order valence-corrected chi connectivity index (χ1v) is 10.2. The molecular formula is C23H27N3O. The fraction of sp³-hybridized carbons (Fsp3) is 0.435. The van der Waals surface area contributed by atoms with Gasteiger partial charge < -0.3 is 4.90 Å². The van der Waals surface area contributed by atoms with Crippen molar-refractivity contribution >= 4 is 11.7 Å². The minimum atomic E-state index is 0.184. The Hall–Kier alpha value is -2.33. The molecule has 1 atom stereocenters. The lowest BCUT2D eigenvalue weighted by molar-refractivity contribution is 0.202. The largest absolute Gasteiger partial charge is 0.324 e. The van der Waals surface area contributed by atoms with Gasteiger partial charge in [-0.3, -0.25) is 9.80 Å². The number of carbonyl (C=O) groups is 1. The first-order chi connectivity index (χ1) is 13.3. The summed E-state index contributed by atoms with van der Waals surface area (Å²) in [5.74, 6) is 0. The van der Waals surface area contributed by atoms with Gasteiger partial charge in [-0.1, -0.05) is 42.5 Å². The molecule has 4 nitrogen and oxygen atoms in total. The molecule has 0 radical (unpaired) electrons. The highest BCUT2D eigenvalue weighted by Crippen LogP contribution is 2.32. The fourth-order valence-corrected chi connectivity index (χ4v) is 4.96. The lowest BCUT2D eigenvalue weighted by atomic mass is 10.0. The molecule has 140 valence electrons. The molecule has 0 saturated carbocycles. The van der Waals surface area contributed by atoms with E-state index >= 15 is 0 Å². The molecule has 0 unspecified atom stereocenters. The van der Waals surface area contributed by atoms with E-state index in [4.69, 9.17) is 0 Å². The van der Waals surface area contributed by atoms with Gasteiger partial charge in [-0.25, -0.2) is 4.79 Å². The Morgan fingerprint density at radius 2 is 1.52 bits per heavy atom. The number of amides is 2. The summed E-state index contributed by atoms with van der Waals surface area (Å²) in [6.07, 6.45) is 4.34. The molecule has 0 aromatic heterocycles. The maximum Gasteiger partial charge on any atom is 0.324 e. The Balaban J connectivity index is 1.42. The van der Waals surface area contributed by atoms with E-state index in [1.165, 1.54) is 29.5 Å². The summed E-state index contributed by atoms with van der Waals surface area (Å²) in [4.78, 5) is 20.3. The van der Waals surface area contributed by atoms with Crippen LogP contribution in [0.2, 0.25) is 0 Å². The third-order valence-corrected chi connectivity index (χ3v) is 6.47. The minimum absolute atomic E-state index is 0.184. The highest BCUT2D eigenvalue weighted by atomic mass is 16.2. The van der Waals surface area contributed by atoms with Crippen molar-refractivity contribution in [2.24, 2.45) is 0 Å². The van der Waals surface area contributed by atoms with Gasteiger partial charge in [-0.05, 0) is 55.0 Å². The van der Waals surface area contributed by atoms with E-state index in [9.17, 15) is 4.79 Å². The summed E-state index contributed by atoms with van der Waals surface area (Å²) < 4.78 is 0. The van der Waals surface area contributed by atoms with E-state index in [1.807, 2.05) is 0 Å². The molecule has 4 heteroatoms. The predicted octanol–water partition coefficient (Wildman–Crippen LogP) is 3.69. The Labute approximate surface area is 161 Å². The molecule has 1 saturated heterocycles. The minimum Gasteiger partial charge on any atom is -0.324 e. The molecule has 2 aromatic rings. The van der Waals surface area contributed by atoms with Crippen LogP contribution in [0.15, 0.2) is 48.5 Å².